The predicted molar refractivity (Wildman–Crippen MR) is 150 cm³/mol. The number of aliphatic hydroxyl groups excluding tert-OH is 2. The molecule has 38 heavy (non-hydrogen) atoms. The minimum atomic E-state index is -4.15. The summed E-state index contributed by atoms with van der Waals surface area (Å²) >= 11 is 2.35. The smallest absolute Gasteiger partial charge is 0.250 e. The first-order valence-electron chi connectivity index (χ1n) is 12.1. The molecule has 0 amide bonds. The van der Waals surface area contributed by atoms with Crippen molar-refractivity contribution >= 4 is 55.9 Å². The fraction of sp³-hybridized carbons (Fsp3) is 0.346. The lowest BCUT2D eigenvalue weighted by Crippen LogP contribution is -2.48. The largest absolute Gasteiger partial charge is 0.389 e. The van der Waals surface area contributed by atoms with E-state index in [4.69, 9.17) is 8.92 Å². The van der Waals surface area contributed by atoms with Crippen molar-refractivity contribution in [3.05, 3.63) is 58.3 Å². The van der Waals surface area contributed by atoms with Crippen LogP contribution < -0.4 is 9.62 Å². The van der Waals surface area contributed by atoms with Crippen LogP contribution in [0.25, 0.3) is 27.3 Å². The Bertz CT molecular complexity index is 1480. The maximum absolute atomic E-state index is 12.7. The van der Waals surface area contributed by atoms with Gasteiger partial charge in [-0.25, -0.2) is 13.1 Å². The van der Waals surface area contributed by atoms with Crippen LogP contribution >= 0.6 is 23.4 Å². The van der Waals surface area contributed by atoms with Crippen LogP contribution in [0.2, 0.25) is 0 Å². The number of allylic oxidation sites excluding steroid dienone is 1. The number of fused-ring (bicyclic) bond motifs is 1. The molecule has 2 aliphatic heterocycles. The highest BCUT2D eigenvalue weighted by atomic mass is 32.2. The normalized spacial score (nSPS) is 22.9. The van der Waals surface area contributed by atoms with Crippen LogP contribution in [0.4, 0.5) is 5.69 Å². The molecule has 0 radical (unpaired) electrons. The molecule has 0 saturated carbocycles. The van der Waals surface area contributed by atoms with Gasteiger partial charge in [-0.1, -0.05) is 18.2 Å². The average molecular weight is 574 g/mol. The van der Waals surface area contributed by atoms with E-state index in [1.807, 2.05) is 12.1 Å². The number of rotatable bonds is 7. The minimum Gasteiger partial charge on any atom is -0.389 e. The fourth-order valence-electron chi connectivity index (χ4n) is 4.31. The van der Waals surface area contributed by atoms with Crippen LogP contribution in [-0.2, 0) is 18.9 Å². The number of nitrogens with zero attached hydrogens (tertiary/aromatic N) is 2. The summed E-state index contributed by atoms with van der Waals surface area (Å²) in [4.78, 5) is 3.43. The maximum atomic E-state index is 12.7. The van der Waals surface area contributed by atoms with Crippen LogP contribution in [0.5, 0.6) is 0 Å². The topological polar surface area (TPSA) is 132 Å². The molecule has 9 nitrogen and oxygen atoms in total. The van der Waals surface area contributed by atoms with Crippen molar-refractivity contribution in [2.75, 3.05) is 43.5 Å². The molecule has 2 aliphatic rings. The monoisotopic (exact) mass is 573 g/mol. The van der Waals surface area contributed by atoms with Crippen LogP contribution in [0.3, 0.4) is 0 Å². The Kier molecular flexibility index (Phi) is 8.37. The molecule has 12 heteroatoms. The molecule has 0 unspecified atom stereocenters. The molecule has 2 aromatic carbocycles. The molecule has 2 saturated heterocycles. The number of thiophene rings is 1. The maximum Gasteiger partial charge on any atom is 0.250 e. The van der Waals surface area contributed by atoms with E-state index in [9.17, 15) is 23.9 Å². The number of nitrogens with one attached hydrogen (secondary N) is 1. The van der Waals surface area contributed by atoms with Crippen molar-refractivity contribution in [1.29, 1.82) is 5.26 Å². The number of morpholine rings is 1. The Morgan fingerprint density at radius 1 is 1.13 bits per heavy atom. The van der Waals surface area contributed by atoms with Crippen molar-refractivity contribution in [1.82, 2.24) is 4.72 Å². The van der Waals surface area contributed by atoms with Gasteiger partial charge in [-0.2, -0.15) is 5.26 Å². The third-order valence-corrected chi connectivity index (χ3v) is 9.74. The molecule has 0 bridgehead atoms. The highest BCUT2D eigenvalue weighted by molar-refractivity contribution is 7.94. The Labute approximate surface area is 229 Å². The van der Waals surface area contributed by atoms with E-state index in [-0.39, 0.29) is 12.3 Å². The van der Waals surface area contributed by atoms with Gasteiger partial charge >= 0.3 is 0 Å². The van der Waals surface area contributed by atoms with Gasteiger partial charge in [-0.15, -0.1) is 11.3 Å². The quantitative estimate of drug-likeness (QED) is 0.288. The van der Waals surface area contributed by atoms with Gasteiger partial charge in [-0.3, -0.25) is 0 Å². The Balaban J connectivity index is 1.30. The number of hydrogen-bond acceptors (Lipinski definition) is 10. The van der Waals surface area contributed by atoms with Crippen molar-refractivity contribution in [3.63, 3.8) is 0 Å². The summed E-state index contributed by atoms with van der Waals surface area (Å²) in [6, 6.07) is 18.1. The molecule has 3 atom stereocenters. The first-order valence-corrected chi connectivity index (χ1v) is 15.3. The second-order valence-corrected chi connectivity index (χ2v) is 12.6. The summed E-state index contributed by atoms with van der Waals surface area (Å²) in [7, 11) is -4.15. The molecule has 5 rings (SSSR count). The number of aliphatic hydroxyl groups is 2. The molecule has 2 fully saturated rings. The highest BCUT2D eigenvalue weighted by Gasteiger charge is 2.33. The van der Waals surface area contributed by atoms with Crippen molar-refractivity contribution in [2.24, 2.45) is 0 Å². The number of anilines is 1. The second kappa shape index (κ2) is 11.7. The molecular formula is C26H27N3O6S3. The van der Waals surface area contributed by atoms with Crippen molar-refractivity contribution < 1.29 is 27.6 Å². The van der Waals surface area contributed by atoms with Crippen molar-refractivity contribution in [3.8, 4) is 16.5 Å². The number of hydrogen-bond donors (Lipinski definition) is 3. The van der Waals surface area contributed by atoms with E-state index in [2.05, 4.69) is 40.0 Å². The molecular weight excluding hydrogens is 547 g/mol. The van der Waals surface area contributed by atoms with E-state index in [0.717, 1.165) is 59.6 Å². The number of benzene rings is 2. The first kappa shape index (κ1) is 27.1. The molecule has 3 heterocycles. The van der Waals surface area contributed by atoms with Crippen LogP contribution in [-0.4, -0.2) is 75.5 Å². The number of nitriles is 1. The summed E-state index contributed by atoms with van der Waals surface area (Å²) in [6.07, 6.45) is -1.83. The van der Waals surface area contributed by atoms with Gasteiger partial charge in [0.05, 0.1) is 19.3 Å². The zero-order valence-corrected chi connectivity index (χ0v) is 22.8. The third-order valence-electron chi connectivity index (χ3n) is 6.46. The lowest BCUT2D eigenvalue weighted by Gasteiger charge is -2.30. The highest BCUT2D eigenvalue weighted by Crippen LogP contribution is 2.33. The second-order valence-electron chi connectivity index (χ2n) is 9.00. The summed E-state index contributed by atoms with van der Waals surface area (Å²) < 4.78 is 38.5. The van der Waals surface area contributed by atoms with E-state index in [1.165, 1.54) is 23.1 Å². The Hall–Kier alpha value is -2.47. The lowest BCUT2D eigenvalue weighted by molar-refractivity contribution is -0.0418. The van der Waals surface area contributed by atoms with Crippen LogP contribution in [0, 0.1) is 11.3 Å². The zero-order chi connectivity index (χ0) is 26.7. The minimum absolute atomic E-state index is 0.196. The van der Waals surface area contributed by atoms with Gasteiger partial charge in [0.2, 0.25) is 0 Å². The number of sulfonamides is 1. The summed E-state index contributed by atoms with van der Waals surface area (Å²) in [5.74, 6) is 0.196. The van der Waals surface area contributed by atoms with E-state index < -0.39 is 33.2 Å². The standard InChI is InChI=1S/C26H27N3O6S3/c27-14-22(38(32,33)28-15-24-26(31)23(30)16-36-35-24)13-21-5-6-25(37-21)19-2-1-18-12-20(4-3-17(18)11-19)29-7-9-34-10-8-29/h1-6,11-13,23-24,26,28,30-31H,7-10,15-16H2/b22-13+/t23-,24-,26+/m1/s1. The van der Waals surface area contributed by atoms with Gasteiger partial charge in [0, 0.05) is 40.8 Å². The van der Waals surface area contributed by atoms with Gasteiger partial charge in [-0.05, 0) is 64.8 Å². The van der Waals surface area contributed by atoms with Gasteiger partial charge in [0.15, 0.2) is 4.91 Å². The Morgan fingerprint density at radius 2 is 1.89 bits per heavy atom. The number of ether oxygens (including phenoxy) is 1. The summed E-state index contributed by atoms with van der Waals surface area (Å²) in [5.41, 5.74) is 2.18. The molecule has 3 N–H and O–H groups in total. The Morgan fingerprint density at radius 3 is 2.68 bits per heavy atom. The van der Waals surface area contributed by atoms with E-state index >= 15 is 0 Å². The lowest BCUT2D eigenvalue weighted by atomic mass is 10.0. The first-order chi connectivity index (χ1) is 18.3. The van der Waals surface area contributed by atoms with E-state index in [0.29, 0.717) is 4.88 Å². The fourth-order valence-corrected chi connectivity index (χ4v) is 7.05. The zero-order valence-electron chi connectivity index (χ0n) is 20.3. The molecule has 1 aromatic heterocycles. The van der Waals surface area contributed by atoms with Gasteiger partial charge in [0.1, 0.15) is 18.3 Å². The molecule has 0 aliphatic carbocycles. The molecule has 200 valence electrons. The molecule has 0 spiro atoms. The van der Waals surface area contributed by atoms with Gasteiger partial charge in [0.25, 0.3) is 10.0 Å². The molecule has 3 aromatic rings. The van der Waals surface area contributed by atoms with E-state index in [1.54, 1.807) is 12.1 Å². The van der Waals surface area contributed by atoms with Gasteiger partial charge < -0.3 is 24.0 Å². The summed E-state index contributed by atoms with van der Waals surface area (Å²) in [6.45, 7) is 2.95. The third kappa shape index (κ3) is 6.06. The van der Waals surface area contributed by atoms with Crippen LogP contribution in [0.15, 0.2) is 53.4 Å². The average Bonchev–Trinajstić information content (AvgIpc) is 3.41. The SMILES string of the molecule is N#C/C(=C\c1ccc(-c2ccc3cc(N4CCOCC4)ccc3c2)s1)S(=O)(=O)NC[C@H]1OSC[C@@H](O)[C@@H]1O. The van der Waals surface area contributed by atoms with Crippen LogP contribution in [0.1, 0.15) is 4.88 Å². The predicted octanol–water partition coefficient (Wildman–Crippen LogP) is 2.96. The summed E-state index contributed by atoms with van der Waals surface area (Å²) in [5, 5.41) is 31.5. The van der Waals surface area contributed by atoms with Crippen molar-refractivity contribution in [2.45, 2.75) is 18.3 Å².